The monoisotopic (exact) mass is 415 g/mol. The van der Waals surface area contributed by atoms with E-state index in [-0.39, 0.29) is 0 Å². The van der Waals surface area contributed by atoms with Gasteiger partial charge in [0.05, 0.1) is 19.2 Å². The van der Waals surface area contributed by atoms with Crippen LogP contribution in [-0.2, 0) is 0 Å². The fourth-order valence-corrected chi connectivity index (χ4v) is 3.21. The third kappa shape index (κ3) is 5.28. The van der Waals surface area contributed by atoms with Gasteiger partial charge in [-0.1, -0.05) is 25.4 Å². The summed E-state index contributed by atoms with van der Waals surface area (Å²) >= 11 is 6.17. The Morgan fingerprint density at radius 2 is 1.83 bits per heavy atom. The first-order chi connectivity index (χ1) is 14.2. The molecule has 7 heteroatoms. The van der Waals surface area contributed by atoms with Crippen molar-refractivity contribution in [1.29, 1.82) is 0 Å². The van der Waals surface area contributed by atoms with Crippen LogP contribution in [0.1, 0.15) is 20.3 Å². The molecule has 3 rings (SSSR count). The molecule has 0 saturated heterocycles. The summed E-state index contributed by atoms with van der Waals surface area (Å²) in [5.74, 6) is 2.24. The molecule has 1 aromatic carbocycles. The van der Waals surface area contributed by atoms with Crippen LogP contribution in [0.3, 0.4) is 0 Å². The molecule has 0 unspecified atom stereocenters. The summed E-state index contributed by atoms with van der Waals surface area (Å²) < 4.78 is 17.5. The van der Waals surface area contributed by atoms with Gasteiger partial charge < -0.3 is 19.1 Å². The van der Waals surface area contributed by atoms with E-state index in [1.165, 1.54) is 0 Å². The predicted molar refractivity (Wildman–Crippen MR) is 116 cm³/mol. The summed E-state index contributed by atoms with van der Waals surface area (Å²) in [6, 6.07) is 9.01. The average Bonchev–Trinajstić information content (AvgIpc) is 2.75. The molecule has 0 amide bonds. The SMILES string of the molecule is CCN(CC)CCCOc1cc2nccc(Oc3ncccc3Cl)c2cc1OC. The van der Waals surface area contributed by atoms with Crippen LogP contribution in [0.2, 0.25) is 5.02 Å². The van der Waals surface area contributed by atoms with E-state index in [1.54, 1.807) is 37.7 Å². The number of fused-ring (bicyclic) bond motifs is 1. The molecule has 0 bridgehead atoms. The summed E-state index contributed by atoms with van der Waals surface area (Å²) in [4.78, 5) is 11.0. The molecule has 0 aliphatic heterocycles. The van der Waals surface area contributed by atoms with E-state index in [9.17, 15) is 0 Å². The van der Waals surface area contributed by atoms with Crippen LogP contribution in [0.25, 0.3) is 10.9 Å². The molecule has 0 saturated carbocycles. The number of aromatic nitrogens is 2. The van der Waals surface area contributed by atoms with Gasteiger partial charge in [-0.2, -0.15) is 0 Å². The summed E-state index contributed by atoms with van der Waals surface area (Å²) in [6.07, 6.45) is 4.26. The van der Waals surface area contributed by atoms with Gasteiger partial charge in [-0.3, -0.25) is 4.98 Å². The second kappa shape index (κ2) is 10.3. The topological polar surface area (TPSA) is 56.7 Å². The van der Waals surface area contributed by atoms with E-state index in [1.807, 2.05) is 12.1 Å². The highest BCUT2D eigenvalue weighted by molar-refractivity contribution is 6.31. The zero-order chi connectivity index (χ0) is 20.6. The number of ether oxygens (including phenoxy) is 3. The quantitative estimate of drug-likeness (QED) is 0.424. The van der Waals surface area contributed by atoms with Crippen molar-refractivity contribution in [3.63, 3.8) is 0 Å². The molecule has 2 aromatic heterocycles. The minimum absolute atomic E-state index is 0.345. The number of pyridine rings is 2. The Hall–Kier alpha value is -2.57. The van der Waals surface area contributed by atoms with E-state index in [4.69, 9.17) is 25.8 Å². The smallest absolute Gasteiger partial charge is 0.238 e. The molecule has 6 nitrogen and oxygen atoms in total. The molecule has 0 atom stereocenters. The van der Waals surface area contributed by atoms with Gasteiger partial charge in [0.15, 0.2) is 11.5 Å². The average molecular weight is 416 g/mol. The fraction of sp³-hybridized carbons (Fsp3) is 0.364. The molecular formula is C22H26ClN3O3. The Kier molecular flexibility index (Phi) is 7.49. The normalized spacial score (nSPS) is 11.1. The van der Waals surface area contributed by atoms with Crippen molar-refractivity contribution in [3.8, 4) is 23.1 Å². The third-order valence-electron chi connectivity index (χ3n) is 4.69. The number of rotatable bonds is 10. The van der Waals surface area contributed by atoms with Gasteiger partial charge in [-0.25, -0.2) is 4.98 Å². The first-order valence-corrected chi connectivity index (χ1v) is 10.1. The van der Waals surface area contributed by atoms with E-state index in [0.717, 1.165) is 37.0 Å². The Labute approximate surface area is 176 Å². The Morgan fingerprint density at radius 1 is 1.00 bits per heavy atom. The number of nitrogens with zero attached hydrogens (tertiary/aromatic N) is 3. The van der Waals surface area contributed by atoms with E-state index < -0.39 is 0 Å². The Morgan fingerprint density at radius 3 is 2.55 bits per heavy atom. The maximum Gasteiger partial charge on any atom is 0.238 e. The fourth-order valence-electron chi connectivity index (χ4n) is 3.05. The van der Waals surface area contributed by atoms with Crippen LogP contribution in [0.4, 0.5) is 0 Å². The summed E-state index contributed by atoms with van der Waals surface area (Å²) in [7, 11) is 1.62. The predicted octanol–water partition coefficient (Wildman–Crippen LogP) is 5.19. The lowest BCUT2D eigenvalue weighted by Gasteiger charge is -2.18. The molecule has 0 aliphatic rings. The summed E-state index contributed by atoms with van der Waals surface area (Å²) in [5, 5.41) is 1.24. The number of halogens is 1. The van der Waals surface area contributed by atoms with E-state index in [2.05, 4.69) is 28.7 Å². The lowest BCUT2D eigenvalue weighted by Crippen LogP contribution is -2.25. The lowest BCUT2D eigenvalue weighted by molar-refractivity contribution is 0.243. The van der Waals surface area contributed by atoms with Gasteiger partial charge in [0.1, 0.15) is 10.8 Å². The highest BCUT2D eigenvalue weighted by atomic mass is 35.5. The Balaban J connectivity index is 1.80. The van der Waals surface area contributed by atoms with Crippen LogP contribution in [0, 0.1) is 0 Å². The maximum absolute atomic E-state index is 6.17. The van der Waals surface area contributed by atoms with Gasteiger partial charge >= 0.3 is 0 Å². The molecule has 0 fully saturated rings. The van der Waals surface area contributed by atoms with Crippen LogP contribution in [0.5, 0.6) is 23.1 Å². The number of methoxy groups -OCH3 is 1. The molecule has 0 spiro atoms. The third-order valence-corrected chi connectivity index (χ3v) is 4.98. The van der Waals surface area contributed by atoms with Gasteiger partial charge in [0.25, 0.3) is 0 Å². The van der Waals surface area contributed by atoms with Crippen molar-refractivity contribution in [2.75, 3.05) is 33.4 Å². The van der Waals surface area contributed by atoms with Gasteiger partial charge in [-0.15, -0.1) is 0 Å². The molecule has 0 N–H and O–H groups in total. The minimum atomic E-state index is 0.345. The second-order valence-corrected chi connectivity index (χ2v) is 6.86. The van der Waals surface area contributed by atoms with Crippen LogP contribution >= 0.6 is 11.6 Å². The van der Waals surface area contributed by atoms with Crippen LogP contribution in [-0.4, -0.2) is 48.2 Å². The molecule has 0 radical (unpaired) electrons. The van der Waals surface area contributed by atoms with Crippen LogP contribution < -0.4 is 14.2 Å². The number of hydrogen-bond acceptors (Lipinski definition) is 6. The zero-order valence-electron chi connectivity index (χ0n) is 17.0. The lowest BCUT2D eigenvalue weighted by atomic mass is 10.2. The first kappa shape index (κ1) is 21.1. The largest absolute Gasteiger partial charge is 0.493 e. The molecule has 154 valence electrons. The van der Waals surface area contributed by atoms with Crippen LogP contribution in [0.15, 0.2) is 42.7 Å². The second-order valence-electron chi connectivity index (χ2n) is 6.45. The number of hydrogen-bond donors (Lipinski definition) is 0. The zero-order valence-corrected chi connectivity index (χ0v) is 17.8. The van der Waals surface area contributed by atoms with Crippen molar-refractivity contribution >= 4 is 22.5 Å². The maximum atomic E-state index is 6.17. The van der Waals surface area contributed by atoms with Crippen molar-refractivity contribution in [2.45, 2.75) is 20.3 Å². The van der Waals surface area contributed by atoms with E-state index in [0.29, 0.717) is 34.8 Å². The van der Waals surface area contributed by atoms with Crippen molar-refractivity contribution in [1.82, 2.24) is 14.9 Å². The first-order valence-electron chi connectivity index (χ1n) is 9.76. The minimum Gasteiger partial charge on any atom is -0.493 e. The van der Waals surface area contributed by atoms with Crippen molar-refractivity contribution in [2.24, 2.45) is 0 Å². The molecule has 2 heterocycles. The molecule has 29 heavy (non-hydrogen) atoms. The molecular weight excluding hydrogens is 390 g/mol. The molecule has 3 aromatic rings. The summed E-state index contributed by atoms with van der Waals surface area (Å²) in [5.41, 5.74) is 0.745. The van der Waals surface area contributed by atoms with E-state index >= 15 is 0 Å². The van der Waals surface area contributed by atoms with Gasteiger partial charge in [-0.05, 0) is 43.8 Å². The number of benzene rings is 1. The van der Waals surface area contributed by atoms with Gasteiger partial charge in [0, 0.05) is 30.4 Å². The highest BCUT2D eigenvalue weighted by Crippen LogP contribution is 2.37. The Bertz CT molecular complexity index is 948. The summed E-state index contributed by atoms with van der Waals surface area (Å²) in [6.45, 7) is 8.04. The van der Waals surface area contributed by atoms with Crippen molar-refractivity contribution in [3.05, 3.63) is 47.7 Å². The molecule has 0 aliphatic carbocycles. The standard InChI is InChI=1S/C22H26ClN3O3/c1-4-26(5-2)12-7-13-28-21-15-18-16(14-20(21)27-3)19(9-11-24-18)29-22-17(23)8-6-10-25-22/h6,8-11,14-15H,4-5,7,12-13H2,1-3H3. The van der Waals surface area contributed by atoms with Gasteiger partial charge in [0.2, 0.25) is 5.88 Å². The highest BCUT2D eigenvalue weighted by Gasteiger charge is 2.13. The van der Waals surface area contributed by atoms with Crippen molar-refractivity contribution < 1.29 is 14.2 Å².